The second kappa shape index (κ2) is 5.09. The Morgan fingerprint density at radius 1 is 1.16 bits per heavy atom. The largest absolute Gasteiger partial charge is 0.323 e. The molecule has 98 valence electrons. The summed E-state index contributed by atoms with van der Waals surface area (Å²) < 4.78 is 2.01. The van der Waals surface area contributed by atoms with E-state index < -0.39 is 0 Å². The number of thiophene rings is 1. The first-order chi connectivity index (χ1) is 9.04. The van der Waals surface area contributed by atoms with Crippen LogP contribution in [0.4, 0.5) is 0 Å². The molecule has 0 aliphatic heterocycles. The highest BCUT2D eigenvalue weighted by atomic mass is 79.9. The van der Waals surface area contributed by atoms with Crippen LogP contribution >= 0.6 is 54.8 Å². The van der Waals surface area contributed by atoms with Gasteiger partial charge in [0, 0.05) is 9.35 Å². The summed E-state index contributed by atoms with van der Waals surface area (Å²) in [6.07, 6.45) is 0. The van der Waals surface area contributed by atoms with Gasteiger partial charge in [0.1, 0.15) is 0 Å². The van der Waals surface area contributed by atoms with E-state index in [9.17, 15) is 4.79 Å². The summed E-state index contributed by atoms with van der Waals surface area (Å²) >= 11 is 15.0. The van der Waals surface area contributed by atoms with Gasteiger partial charge in [0.2, 0.25) is 0 Å². The molecule has 3 nitrogen and oxygen atoms in total. The highest BCUT2D eigenvalue weighted by Crippen LogP contribution is 2.40. The molecule has 2 aromatic heterocycles. The van der Waals surface area contributed by atoms with E-state index in [1.807, 2.05) is 24.3 Å². The molecular weight excluding hydrogens is 415 g/mol. The lowest BCUT2D eigenvalue weighted by Crippen LogP contribution is -1.99. The number of aromatic nitrogens is 2. The maximum atomic E-state index is 11.2. The molecule has 3 rings (SSSR count). The summed E-state index contributed by atoms with van der Waals surface area (Å²) in [5, 5.41) is -0.240. The number of rotatable bonds is 2. The molecule has 2 heterocycles. The third kappa shape index (κ3) is 2.54. The summed E-state index contributed by atoms with van der Waals surface area (Å²) in [6, 6.07) is 7.67. The van der Waals surface area contributed by atoms with Crippen LogP contribution in [-0.4, -0.2) is 9.97 Å². The average Bonchev–Trinajstić information content (AvgIpc) is 2.90. The molecule has 1 atom stereocenters. The first-order valence-electron chi connectivity index (χ1n) is 5.35. The lowest BCUT2D eigenvalue weighted by atomic mass is 10.1. The summed E-state index contributed by atoms with van der Waals surface area (Å²) in [6.45, 7) is 0. The minimum absolute atomic E-state index is 0.208. The van der Waals surface area contributed by atoms with Crippen molar-refractivity contribution in [2.24, 2.45) is 0 Å². The third-order valence-electron chi connectivity index (χ3n) is 2.75. The van der Waals surface area contributed by atoms with E-state index in [0.717, 1.165) is 29.7 Å². The smallest absolute Gasteiger partial charge is 0.306 e. The van der Waals surface area contributed by atoms with Crippen LogP contribution in [0.15, 0.2) is 37.3 Å². The standard InChI is InChI=1S/C12H7Br2ClN2OS/c13-6-4-9(19-11(6)14)10(15)5-1-2-7-8(3-5)17-12(18)16-7/h1-4,10H,(H2,16,17,18). The van der Waals surface area contributed by atoms with Gasteiger partial charge in [0.15, 0.2) is 0 Å². The number of benzene rings is 1. The van der Waals surface area contributed by atoms with Crippen molar-refractivity contribution < 1.29 is 0 Å². The van der Waals surface area contributed by atoms with Crippen molar-refractivity contribution in [3.05, 3.63) is 53.4 Å². The van der Waals surface area contributed by atoms with Gasteiger partial charge in [-0.15, -0.1) is 22.9 Å². The predicted molar refractivity (Wildman–Crippen MR) is 86.3 cm³/mol. The van der Waals surface area contributed by atoms with Crippen molar-refractivity contribution in [2.75, 3.05) is 0 Å². The molecule has 0 amide bonds. The number of hydrogen-bond donors (Lipinski definition) is 2. The summed E-state index contributed by atoms with van der Waals surface area (Å²) in [7, 11) is 0. The maximum Gasteiger partial charge on any atom is 0.323 e. The highest BCUT2D eigenvalue weighted by Gasteiger charge is 2.16. The Morgan fingerprint density at radius 3 is 2.58 bits per heavy atom. The molecule has 1 unspecified atom stereocenters. The molecule has 0 saturated carbocycles. The first kappa shape index (κ1) is 13.4. The fourth-order valence-electron chi connectivity index (χ4n) is 1.86. The number of nitrogens with one attached hydrogen (secondary N) is 2. The van der Waals surface area contributed by atoms with Gasteiger partial charge in [-0.25, -0.2) is 4.79 Å². The molecule has 0 aliphatic carbocycles. The van der Waals surface area contributed by atoms with Crippen molar-refractivity contribution in [1.82, 2.24) is 9.97 Å². The number of aromatic amines is 2. The van der Waals surface area contributed by atoms with Crippen molar-refractivity contribution in [3.63, 3.8) is 0 Å². The molecule has 0 spiro atoms. The maximum absolute atomic E-state index is 11.2. The van der Waals surface area contributed by atoms with Crippen LogP contribution in [0.3, 0.4) is 0 Å². The summed E-state index contributed by atoms with van der Waals surface area (Å²) in [5.41, 5.74) is 2.29. The molecule has 0 saturated heterocycles. The van der Waals surface area contributed by atoms with E-state index in [2.05, 4.69) is 41.8 Å². The highest BCUT2D eigenvalue weighted by molar-refractivity contribution is 9.13. The van der Waals surface area contributed by atoms with Gasteiger partial charge in [-0.2, -0.15) is 0 Å². The fraction of sp³-hybridized carbons (Fsp3) is 0.0833. The lowest BCUT2D eigenvalue weighted by Gasteiger charge is -2.07. The quantitative estimate of drug-likeness (QED) is 0.574. The van der Waals surface area contributed by atoms with Gasteiger partial charge in [0.05, 0.1) is 20.2 Å². The van der Waals surface area contributed by atoms with Gasteiger partial charge >= 0.3 is 5.69 Å². The van der Waals surface area contributed by atoms with E-state index in [1.165, 1.54) is 0 Å². The SMILES string of the molecule is O=c1[nH]c2ccc(C(Cl)c3cc(Br)c(Br)s3)cc2[nH]1. The van der Waals surface area contributed by atoms with Crippen molar-refractivity contribution in [1.29, 1.82) is 0 Å². The minimum atomic E-state index is -0.240. The Morgan fingerprint density at radius 2 is 1.89 bits per heavy atom. The molecule has 0 fully saturated rings. The Kier molecular flexibility index (Phi) is 3.59. The summed E-state index contributed by atoms with van der Waals surface area (Å²) in [4.78, 5) is 17.7. The number of imidazole rings is 1. The van der Waals surface area contributed by atoms with Crippen LogP contribution in [-0.2, 0) is 0 Å². The number of hydrogen-bond acceptors (Lipinski definition) is 2. The number of H-pyrrole nitrogens is 2. The van der Waals surface area contributed by atoms with Crippen molar-refractivity contribution in [2.45, 2.75) is 5.38 Å². The first-order valence-corrected chi connectivity index (χ1v) is 8.19. The molecule has 0 bridgehead atoms. The fourth-order valence-corrected chi connectivity index (χ4v) is 4.29. The molecule has 19 heavy (non-hydrogen) atoms. The molecular formula is C12H7Br2ClN2OS. The number of fused-ring (bicyclic) bond motifs is 1. The normalized spacial score (nSPS) is 13.0. The van der Waals surface area contributed by atoms with Gasteiger partial charge in [-0.1, -0.05) is 6.07 Å². The van der Waals surface area contributed by atoms with Crippen LogP contribution in [0.5, 0.6) is 0 Å². The van der Waals surface area contributed by atoms with Crippen LogP contribution in [0.2, 0.25) is 0 Å². The third-order valence-corrected chi connectivity index (χ3v) is 6.68. The molecule has 7 heteroatoms. The second-order valence-corrected chi connectivity index (χ2v) is 7.71. The topological polar surface area (TPSA) is 48.6 Å². The molecule has 2 N–H and O–H groups in total. The number of alkyl halides is 1. The Hall–Kier alpha value is -0.560. The zero-order valence-corrected chi connectivity index (χ0v) is 14.1. The Labute approximate surface area is 134 Å². The van der Waals surface area contributed by atoms with Gasteiger partial charge in [-0.05, 0) is 55.6 Å². The van der Waals surface area contributed by atoms with Crippen LogP contribution in [0, 0.1) is 0 Å². The Bertz CT molecular complexity index is 788. The van der Waals surface area contributed by atoms with Gasteiger partial charge in [0.25, 0.3) is 0 Å². The monoisotopic (exact) mass is 420 g/mol. The van der Waals surface area contributed by atoms with Gasteiger partial charge in [-0.3, -0.25) is 0 Å². The molecule has 0 aliphatic rings. The minimum Gasteiger partial charge on any atom is -0.306 e. The van der Waals surface area contributed by atoms with E-state index in [1.54, 1.807) is 11.3 Å². The van der Waals surface area contributed by atoms with Crippen molar-refractivity contribution >= 4 is 65.8 Å². The molecule has 3 aromatic rings. The second-order valence-electron chi connectivity index (χ2n) is 4.02. The van der Waals surface area contributed by atoms with E-state index in [0.29, 0.717) is 0 Å². The van der Waals surface area contributed by atoms with E-state index >= 15 is 0 Å². The predicted octanol–water partition coefficient (Wildman–Crippen LogP) is 4.77. The zero-order chi connectivity index (χ0) is 13.6. The van der Waals surface area contributed by atoms with Crippen molar-refractivity contribution in [3.8, 4) is 0 Å². The lowest BCUT2D eigenvalue weighted by molar-refractivity contribution is 1.19. The van der Waals surface area contributed by atoms with Crippen LogP contribution in [0.25, 0.3) is 11.0 Å². The number of halogens is 3. The Balaban J connectivity index is 2.05. The van der Waals surface area contributed by atoms with Crippen LogP contribution < -0.4 is 5.69 Å². The summed E-state index contributed by atoms with van der Waals surface area (Å²) in [5.74, 6) is 0. The molecule has 1 aromatic carbocycles. The van der Waals surface area contributed by atoms with Gasteiger partial charge < -0.3 is 9.97 Å². The van der Waals surface area contributed by atoms with E-state index in [4.69, 9.17) is 11.6 Å². The zero-order valence-electron chi connectivity index (χ0n) is 9.34. The average molecular weight is 423 g/mol. The molecule has 0 radical (unpaired) electrons. The van der Waals surface area contributed by atoms with E-state index in [-0.39, 0.29) is 11.1 Å². The van der Waals surface area contributed by atoms with Crippen LogP contribution in [0.1, 0.15) is 15.8 Å².